The molecule has 0 bridgehead atoms. The van der Waals surface area contributed by atoms with Gasteiger partial charge in [-0.15, -0.1) is 0 Å². The molecule has 0 unspecified atom stereocenters. The number of halogens is 2. The number of benzene rings is 1. The van der Waals surface area contributed by atoms with E-state index >= 15 is 0 Å². The van der Waals surface area contributed by atoms with E-state index in [0.29, 0.717) is 21.6 Å². The van der Waals surface area contributed by atoms with Crippen LogP contribution in [0.1, 0.15) is 23.2 Å². The second kappa shape index (κ2) is 7.29. The van der Waals surface area contributed by atoms with Crippen LogP contribution in [-0.4, -0.2) is 41.5 Å². The lowest BCUT2D eigenvalue weighted by molar-refractivity contribution is 0.0914. The van der Waals surface area contributed by atoms with Crippen LogP contribution in [0.5, 0.6) is 0 Å². The number of nitrogens with zero attached hydrogens (tertiary/aromatic N) is 1. The van der Waals surface area contributed by atoms with Crippen molar-refractivity contribution in [3.63, 3.8) is 0 Å². The summed E-state index contributed by atoms with van der Waals surface area (Å²) >= 11 is 7.96. The van der Waals surface area contributed by atoms with Crippen LogP contribution in [-0.2, 0) is 0 Å². The molecule has 3 N–H and O–H groups in total. The third kappa shape index (κ3) is 4.72. The highest BCUT2D eigenvalue weighted by Crippen LogP contribution is 2.17. The van der Waals surface area contributed by atoms with Crippen LogP contribution in [0.4, 0.5) is 4.39 Å². The fourth-order valence-electron chi connectivity index (χ4n) is 2.36. The number of carbonyl (C=O) groups is 1. The molecule has 1 saturated heterocycles. The lowest BCUT2D eigenvalue weighted by Crippen LogP contribution is -2.46. The average Bonchev–Trinajstić information content (AvgIpc) is 2.43. The Morgan fingerprint density at radius 2 is 2.14 bits per heavy atom. The number of amides is 1. The van der Waals surface area contributed by atoms with Gasteiger partial charge in [-0.2, -0.15) is 0 Å². The number of thiocarbonyl (C=S) groups is 1. The minimum absolute atomic E-state index is 0.104. The zero-order valence-corrected chi connectivity index (χ0v) is 13.8. The summed E-state index contributed by atoms with van der Waals surface area (Å²) in [6, 6.07) is 4.48. The summed E-state index contributed by atoms with van der Waals surface area (Å²) in [5.74, 6) is -0.678. The van der Waals surface area contributed by atoms with E-state index in [1.54, 1.807) is 6.07 Å². The SMILES string of the molecule is NC(=S)CN1CCC(NC(=O)c2ccc(Br)c(F)c2)CC1. The molecule has 2 rings (SSSR count). The summed E-state index contributed by atoms with van der Waals surface area (Å²) in [5, 5.41) is 2.94. The minimum Gasteiger partial charge on any atom is -0.392 e. The lowest BCUT2D eigenvalue weighted by atomic mass is 10.0. The molecule has 1 aromatic rings. The first-order chi connectivity index (χ1) is 9.95. The fourth-order valence-corrected chi connectivity index (χ4v) is 2.79. The quantitative estimate of drug-likeness (QED) is 0.793. The van der Waals surface area contributed by atoms with E-state index in [9.17, 15) is 9.18 Å². The molecule has 7 heteroatoms. The van der Waals surface area contributed by atoms with Crippen LogP contribution >= 0.6 is 28.1 Å². The molecule has 0 radical (unpaired) electrons. The van der Waals surface area contributed by atoms with Crippen molar-refractivity contribution in [1.82, 2.24) is 10.2 Å². The Morgan fingerprint density at radius 3 is 2.71 bits per heavy atom. The van der Waals surface area contributed by atoms with Crippen molar-refractivity contribution in [2.75, 3.05) is 19.6 Å². The third-order valence-corrected chi connectivity index (χ3v) is 4.26. The molecule has 1 aliphatic heterocycles. The molecule has 0 saturated carbocycles. The summed E-state index contributed by atoms with van der Waals surface area (Å²) < 4.78 is 13.8. The maximum Gasteiger partial charge on any atom is 0.251 e. The molecule has 0 aliphatic carbocycles. The molecule has 1 heterocycles. The zero-order valence-electron chi connectivity index (χ0n) is 11.4. The Labute approximate surface area is 137 Å². The van der Waals surface area contributed by atoms with Gasteiger partial charge in [0.25, 0.3) is 5.91 Å². The second-order valence-electron chi connectivity index (χ2n) is 5.12. The Kier molecular flexibility index (Phi) is 5.66. The van der Waals surface area contributed by atoms with Crippen molar-refractivity contribution in [3.8, 4) is 0 Å². The van der Waals surface area contributed by atoms with Crippen LogP contribution in [0.25, 0.3) is 0 Å². The highest BCUT2D eigenvalue weighted by atomic mass is 79.9. The molecule has 4 nitrogen and oxygen atoms in total. The van der Waals surface area contributed by atoms with Gasteiger partial charge < -0.3 is 11.1 Å². The van der Waals surface area contributed by atoms with E-state index in [2.05, 4.69) is 26.1 Å². The maximum absolute atomic E-state index is 13.4. The predicted molar refractivity (Wildman–Crippen MR) is 87.8 cm³/mol. The molecule has 1 aliphatic rings. The van der Waals surface area contributed by atoms with Gasteiger partial charge in [0.1, 0.15) is 5.82 Å². The summed E-state index contributed by atoms with van der Waals surface area (Å²) in [6.45, 7) is 2.31. The van der Waals surface area contributed by atoms with Crippen molar-refractivity contribution >= 4 is 39.0 Å². The molecule has 1 aromatic carbocycles. The van der Waals surface area contributed by atoms with E-state index in [1.807, 2.05) is 0 Å². The minimum atomic E-state index is -0.436. The second-order valence-corrected chi connectivity index (χ2v) is 6.50. The number of nitrogens with two attached hydrogens (primary N) is 1. The summed E-state index contributed by atoms with van der Waals surface area (Å²) in [5.41, 5.74) is 5.86. The number of rotatable bonds is 4. The van der Waals surface area contributed by atoms with Gasteiger partial charge in [0.2, 0.25) is 0 Å². The first-order valence-electron chi connectivity index (χ1n) is 6.72. The van der Waals surface area contributed by atoms with Gasteiger partial charge in [-0.3, -0.25) is 9.69 Å². The van der Waals surface area contributed by atoms with Gasteiger partial charge in [-0.05, 0) is 47.0 Å². The summed E-state index contributed by atoms with van der Waals surface area (Å²) in [6.07, 6.45) is 1.68. The van der Waals surface area contributed by atoms with Gasteiger partial charge in [-0.25, -0.2) is 4.39 Å². The van der Waals surface area contributed by atoms with E-state index in [0.717, 1.165) is 25.9 Å². The van der Waals surface area contributed by atoms with Crippen molar-refractivity contribution in [2.45, 2.75) is 18.9 Å². The molecule has 1 amide bonds. The fraction of sp³-hybridized carbons (Fsp3) is 0.429. The van der Waals surface area contributed by atoms with Gasteiger partial charge >= 0.3 is 0 Å². The highest BCUT2D eigenvalue weighted by molar-refractivity contribution is 9.10. The summed E-state index contributed by atoms with van der Waals surface area (Å²) in [7, 11) is 0. The standard InChI is InChI=1S/C14H17BrFN3OS/c15-11-2-1-9(7-12(11)16)14(20)18-10-3-5-19(6-4-10)8-13(17)21/h1-2,7,10H,3-6,8H2,(H2,17,21)(H,18,20). The highest BCUT2D eigenvalue weighted by Gasteiger charge is 2.21. The number of carbonyl (C=O) groups excluding carboxylic acids is 1. The molecular weight excluding hydrogens is 357 g/mol. The van der Waals surface area contributed by atoms with Crippen molar-refractivity contribution in [1.29, 1.82) is 0 Å². The van der Waals surface area contributed by atoms with Gasteiger partial charge in [0, 0.05) is 31.2 Å². The van der Waals surface area contributed by atoms with E-state index in [1.165, 1.54) is 12.1 Å². The Hall–Kier alpha value is -1.05. The average molecular weight is 374 g/mol. The summed E-state index contributed by atoms with van der Waals surface area (Å²) in [4.78, 5) is 14.7. The molecule has 0 aromatic heterocycles. The van der Waals surface area contributed by atoms with Crippen LogP contribution in [0.2, 0.25) is 0 Å². The monoisotopic (exact) mass is 373 g/mol. The number of hydrogen-bond donors (Lipinski definition) is 2. The van der Waals surface area contributed by atoms with Crippen LogP contribution in [0.3, 0.4) is 0 Å². The molecule has 1 fully saturated rings. The molecule has 114 valence electrons. The van der Waals surface area contributed by atoms with E-state index in [4.69, 9.17) is 18.0 Å². The van der Waals surface area contributed by atoms with Crippen molar-refractivity contribution in [2.24, 2.45) is 5.73 Å². The Morgan fingerprint density at radius 1 is 1.48 bits per heavy atom. The zero-order chi connectivity index (χ0) is 15.4. The lowest BCUT2D eigenvalue weighted by Gasteiger charge is -2.31. The molecular formula is C14H17BrFN3OS. The maximum atomic E-state index is 13.4. The van der Waals surface area contributed by atoms with Crippen LogP contribution < -0.4 is 11.1 Å². The first-order valence-corrected chi connectivity index (χ1v) is 7.92. The third-order valence-electron chi connectivity index (χ3n) is 3.48. The number of piperidine rings is 1. The smallest absolute Gasteiger partial charge is 0.251 e. The molecule has 21 heavy (non-hydrogen) atoms. The largest absolute Gasteiger partial charge is 0.392 e. The molecule has 0 atom stereocenters. The van der Waals surface area contributed by atoms with Crippen molar-refractivity contribution in [3.05, 3.63) is 34.1 Å². The molecule has 0 spiro atoms. The van der Waals surface area contributed by atoms with Crippen LogP contribution in [0, 0.1) is 5.82 Å². The number of likely N-dealkylation sites (tertiary alicyclic amines) is 1. The van der Waals surface area contributed by atoms with E-state index in [-0.39, 0.29) is 11.9 Å². The van der Waals surface area contributed by atoms with Gasteiger partial charge in [0.05, 0.1) is 9.46 Å². The number of hydrogen-bond acceptors (Lipinski definition) is 3. The Bertz CT molecular complexity index is 547. The predicted octanol–water partition coefficient (Wildman–Crippen LogP) is 2.07. The van der Waals surface area contributed by atoms with Crippen LogP contribution in [0.15, 0.2) is 22.7 Å². The number of nitrogens with one attached hydrogen (secondary N) is 1. The first kappa shape index (κ1) is 16.3. The normalized spacial score (nSPS) is 16.7. The van der Waals surface area contributed by atoms with Gasteiger partial charge in [-0.1, -0.05) is 12.2 Å². The topological polar surface area (TPSA) is 58.4 Å². The van der Waals surface area contributed by atoms with Gasteiger partial charge in [0.15, 0.2) is 0 Å². The Balaban J connectivity index is 1.86. The van der Waals surface area contributed by atoms with E-state index < -0.39 is 5.82 Å². The van der Waals surface area contributed by atoms with Crippen molar-refractivity contribution < 1.29 is 9.18 Å².